The van der Waals surface area contributed by atoms with E-state index in [0.717, 1.165) is 0 Å². The van der Waals surface area contributed by atoms with Gasteiger partial charge in [-0.3, -0.25) is 4.72 Å². The van der Waals surface area contributed by atoms with Crippen LogP contribution in [0.2, 0.25) is 5.02 Å². The summed E-state index contributed by atoms with van der Waals surface area (Å²) < 4.78 is 26.7. The smallest absolute Gasteiger partial charge is 0.236 e. The fourth-order valence-electron chi connectivity index (χ4n) is 1.77. The number of nitrogens with two attached hydrogens (primary N) is 1. The molecule has 5 nitrogen and oxygen atoms in total. The van der Waals surface area contributed by atoms with Gasteiger partial charge in [0.15, 0.2) is 0 Å². The molecule has 0 unspecified atom stereocenters. The van der Waals surface area contributed by atoms with E-state index in [0.29, 0.717) is 16.8 Å². The average Bonchev–Trinajstić information content (AvgIpc) is 2.42. The molecular weight excluding hydrogens is 310 g/mol. The van der Waals surface area contributed by atoms with Crippen LogP contribution in [-0.2, 0) is 15.8 Å². The summed E-state index contributed by atoms with van der Waals surface area (Å²) in [4.78, 5) is 0. The van der Waals surface area contributed by atoms with Crippen molar-refractivity contribution in [2.75, 3.05) is 10.5 Å². The van der Waals surface area contributed by atoms with Crippen molar-refractivity contribution in [3.63, 3.8) is 0 Å². The van der Waals surface area contributed by atoms with Gasteiger partial charge in [-0.1, -0.05) is 23.7 Å². The van der Waals surface area contributed by atoms with Crippen molar-refractivity contribution < 1.29 is 8.42 Å². The van der Waals surface area contributed by atoms with Gasteiger partial charge in [-0.05, 0) is 35.9 Å². The maximum absolute atomic E-state index is 12.1. The maximum atomic E-state index is 12.1. The Morgan fingerprint density at radius 3 is 2.71 bits per heavy atom. The molecule has 2 aromatic rings. The van der Waals surface area contributed by atoms with Gasteiger partial charge in [0.2, 0.25) is 10.0 Å². The van der Waals surface area contributed by atoms with Crippen molar-refractivity contribution in [3.8, 4) is 6.07 Å². The molecule has 3 N–H and O–H groups in total. The Hall–Kier alpha value is -2.23. The Balaban J connectivity index is 2.22. The first-order valence-electron chi connectivity index (χ1n) is 5.94. The fraction of sp³-hybridized carbons (Fsp3) is 0.0714. The van der Waals surface area contributed by atoms with Gasteiger partial charge in [-0.15, -0.1) is 0 Å². The summed E-state index contributed by atoms with van der Waals surface area (Å²) in [6.07, 6.45) is 0. The largest absolute Gasteiger partial charge is 0.399 e. The molecule has 2 rings (SSSR count). The molecule has 2 aromatic carbocycles. The number of nitriles is 1. The first-order valence-corrected chi connectivity index (χ1v) is 7.97. The zero-order chi connectivity index (χ0) is 15.5. The van der Waals surface area contributed by atoms with E-state index in [1.54, 1.807) is 24.3 Å². The topological polar surface area (TPSA) is 96.0 Å². The maximum Gasteiger partial charge on any atom is 0.236 e. The molecule has 0 heterocycles. The molecule has 0 radical (unpaired) electrons. The Morgan fingerprint density at radius 2 is 2.00 bits per heavy atom. The number of hydrogen-bond acceptors (Lipinski definition) is 4. The van der Waals surface area contributed by atoms with E-state index in [-0.39, 0.29) is 16.5 Å². The number of halogens is 1. The van der Waals surface area contributed by atoms with Crippen molar-refractivity contribution >= 4 is 33.0 Å². The summed E-state index contributed by atoms with van der Waals surface area (Å²) >= 11 is 5.93. The van der Waals surface area contributed by atoms with Gasteiger partial charge in [0, 0.05) is 5.69 Å². The van der Waals surface area contributed by atoms with Gasteiger partial charge in [-0.2, -0.15) is 5.26 Å². The van der Waals surface area contributed by atoms with Crippen LogP contribution in [-0.4, -0.2) is 8.42 Å². The van der Waals surface area contributed by atoms with E-state index < -0.39 is 10.0 Å². The number of nitrogen functional groups attached to an aromatic ring is 1. The summed E-state index contributed by atoms with van der Waals surface area (Å²) in [5.74, 6) is -0.256. The minimum Gasteiger partial charge on any atom is -0.399 e. The lowest BCUT2D eigenvalue weighted by Crippen LogP contribution is -2.15. The highest BCUT2D eigenvalue weighted by Crippen LogP contribution is 2.25. The minimum absolute atomic E-state index is 0.230. The van der Waals surface area contributed by atoms with E-state index in [4.69, 9.17) is 22.6 Å². The first-order chi connectivity index (χ1) is 9.89. The van der Waals surface area contributed by atoms with Gasteiger partial charge in [-0.25, -0.2) is 8.42 Å². The van der Waals surface area contributed by atoms with E-state index in [9.17, 15) is 8.42 Å². The van der Waals surface area contributed by atoms with Crippen LogP contribution >= 0.6 is 11.6 Å². The average molecular weight is 322 g/mol. The van der Waals surface area contributed by atoms with E-state index >= 15 is 0 Å². The second-order valence-corrected chi connectivity index (χ2v) is 6.54. The molecule has 0 atom stereocenters. The van der Waals surface area contributed by atoms with Gasteiger partial charge in [0.1, 0.15) is 0 Å². The highest BCUT2D eigenvalue weighted by atomic mass is 35.5. The molecule has 0 amide bonds. The number of anilines is 2. The second kappa shape index (κ2) is 6.04. The van der Waals surface area contributed by atoms with Crippen molar-refractivity contribution in [2.24, 2.45) is 0 Å². The van der Waals surface area contributed by atoms with Gasteiger partial charge in [0.25, 0.3) is 0 Å². The number of rotatable bonds is 4. The fourth-order valence-corrected chi connectivity index (χ4v) is 3.19. The van der Waals surface area contributed by atoms with E-state index in [1.165, 1.54) is 18.2 Å². The summed E-state index contributed by atoms with van der Waals surface area (Å²) in [5.41, 5.74) is 7.17. The molecule has 7 heteroatoms. The first kappa shape index (κ1) is 15.2. The van der Waals surface area contributed by atoms with Crippen LogP contribution in [0.4, 0.5) is 11.4 Å². The SMILES string of the molecule is N#Cc1cccc(CS(=O)(=O)Nc2cc(N)ccc2Cl)c1. The molecule has 0 spiro atoms. The predicted molar refractivity (Wildman–Crippen MR) is 83.3 cm³/mol. The normalized spacial score (nSPS) is 10.9. The summed E-state index contributed by atoms with van der Waals surface area (Å²) in [6, 6.07) is 12.9. The van der Waals surface area contributed by atoms with Gasteiger partial charge in [0.05, 0.1) is 28.1 Å². The van der Waals surface area contributed by atoms with E-state index in [1.807, 2.05) is 6.07 Å². The molecule has 0 aliphatic carbocycles. The molecule has 21 heavy (non-hydrogen) atoms. The lowest BCUT2D eigenvalue weighted by atomic mass is 10.2. The van der Waals surface area contributed by atoms with Crippen molar-refractivity contribution in [3.05, 3.63) is 58.6 Å². The van der Waals surface area contributed by atoms with Crippen LogP contribution in [0.1, 0.15) is 11.1 Å². The van der Waals surface area contributed by atoms with Crippen LogP contribution in [0.3, 0.4) is 0 Å². The summed E-state index contributed by atoms with van der Waals surface area (Å²) in [6.45, 7) is 0. The zero-order valence-electron chi connectivity index (χ0n) is 10.9. The highest BCUT2D eigenvalue weighted by Gasteiger charge is 2.14. The summed E-state index contributed by atoms with van der Waals surface area (Å²) in [5, 5.41) is 9.08. The van der Waals surface area contributed by atoms with Gasteiger partial charge < -0.3 is 5.73 Å². The molecule has 0 saturated carbocycles. The molecule has 0 aromatic heterocycles. The Labute approximate surface area is 128 Å². The van der Waals surface area contributed by atoms with Crippen LogP contribution in [0.15, 0.2) is 42.5 Å². The molecule has 0 bridgehead atoms. The van der Waals surface area contributed by atoms with Gasteiger partial charge >= 0.3 is 0 Å². The number of nitrogens with zero attached hydrogens (tertiary/aromatic N) is 1. The van der Waals surface area contributed by atoms with Crippen molar-refractivity contribution in [1.29, 1.82) is 5.26 Å². The molecule has 0 aliphatic rings. The summed E-state index contributed by atoms with van der Waals surface area (Å²) in [7, 11) is -3.65. The van der Waals surface area contributed by atoms with Crippen LogP contribution < -0.4 is 10.5 Å². The highest BCUT2D eigenvalue weighted by molar-refractivity contribution is 7.91. The lowest BCUT2D eigenvalue weighted by molar-refractivity contribution is 0.600. The third kappa shape index (κ3) is 4.12. The molecular formula is C14H12ClN3O2S. The van der Waals surface area contributed by atoms with Crippen molar-refractivity contribution in [1.82, 2.24) is 0 Å². The standard InChI is InChI=1S/C14H12ClN3O2S/c15-13-5-4-12(17)7-14(13)18-21(19,20)9-11-3-1-2-10(6-11)8-16/h1-7,18H,9,17H2. The van der Waals surface area contributed by atoms with Crippen molar-refractivity contribution in [2.45, 2.75) is 5.75 Å². The van der Waals surface area contributed by atoms with Crippen LogP contribution in [0.5, 0.6) is 0 Å². The molecule has 108 valence electrons. The number of sulfonamides is 1. The van der Waals surface area contributed by atoms with Crippen LogP contribution in [0, 0.1) is 11.3 Å². The minimum atomic E-state index is -3.65. The van der Waals surface area contributed by atoms with E-state index in [2.05, 4.69) is 4.72 Å². The number of nitrogens with one attached hydrogen (secondary N) is 1. The quantitative estimate of drug-likeness (QED) is 0.846. The third-order valence-corrected chi connectivity index (χ3v) is 4.24. The molecule has 0 aliphatic heterocycles. The second-order valence-electron chi connectivity index (χ2n) is 4.41. The monoisotopic (exact) mass is 321 g/mol. The lowest BCUT2D eigenvalue weighted by Gasteiger charge is -2.10. The number of hydrogen-bond donors (Lipinski definition) is 2. The Bertz CT molecular complexity index is 813. The van der Waals surface area contributed by atoms with Crippen LogP contribution in [0.25, 0.3) is 0 Å². The number of benzene rings is 2. The third-order valence-electron chi connectivity index (χ3n) is 2.67. The predicted octanol–water partition coefficient (Wildman–Crippen LogP) is 2.74. The molecule has 0 fully saturated rings. The zero-order valence-corrected chi connectivity index (χ0v) is 12.4. The Kier molecular flexibility index (Phi) is 4.36. The molecule has 0 saturated heterocycles. The Morgan fingerprint density at radius 1 is 1.24 bits per heavy atom.